The Morgan fingerprint density at radius 2 is 2.09 bits per heavy atom. The van der Waals surface area contributed by atoms with Crippen LogP contribution in [-0.2, 0) is 16.1 Å². The highest BCUT2D eigenvalue weighted by atomic mass is 35.5. The lowest BCUT2D eigenvalue weighted by atomic mass is 9.77. The van der Waals surface area contributed by atoms with Gasteiger partial charge in [0.05, 0.1) is 17.5 Å². The predicted octanol–water partition coefficient (Wildman–Crippen LogP) is 5.27. The van der Waals surface area contributed by atoms with Gasteiger partial charge in [0.1, 0.15) is 29.8 Å². The third-order valence-corrected chi connectivity index (χ3v) is 5.82. The van der Waals surface area contributed by atoms with Crippen LogP contribution in [0.2, 0.25) is 5.02 Å². The fraction of sp³-hybridized carbons (Fsp3) is 0.280. The number of nitrogens with two attached hydrogens (primary N) is 1. The van der Waals surface area contributed by atoms with Gasteiger partial charge in [0.15, 0.2) is 17.3 Å². The third kappa shape index (κ3) is 4.53. The molecule has 0 saturated carbocycles. The number of rotatable bonds is 6. The summed E-state index contributed by atoms with van der Waals surface area (Å²) >= 11 is 6.58. The number of nitrogens with zero attached hydrogens (tertiary/aromatic N) is 1. The summed E-state index contributed by atoms with van der Waals surface area (Å²) in [5.41, 5.74) is 7.81. The van der Waals surface area contributed by atoms with E-state index < -0.39 is 5.92 Å². The van der Waals surface area contributed by atoms with Crippen molar-refractivity contribution in [3.8, 4) is 17.6 Å². The van der Waals surface area contributed by atoms with E-state index in [9.17, 15) is 14.4 Å². The monoisotopic (exact) mass is 468 g/mol. The van der Waals surface area contributed by atoms with Crippen LogP contribution in [0.4, 0.5) is 4.39 Å². The first-order valence-electron chi connectivity index (χ1n) is 10.6. The fourth-order valence-electron chi connectivity index (χ4n) is 4.13. The Balaban J connectivity index is 1.76. The Hall–Kier alpha value is -3.50. The summed E-state index contributed by atoms with van der Waals surface area (Å²) in [5, 5.41) is 10.0. The van der Waals surface area contributed by atoms with E-state index in [-0.39, 0.29) is 34.7 Å². The zero-order valence-corrected chi connectivity index (χ0v) is 18.7. The van der Waals surface area contributed by atoms with Crippen molar-refractivity contribution in [2.24, 2.45) is 5.73 Å². The van der Waals surface area contributed by atoms with Crippen LogP contribution in [-0.4, -0.2) is 12.4 Å². The normalized spacial score (nSPS) is 17.9. The summed E-state index contributed by atoms with van der Waals surface area (Å²) in [6.45, 7) is 2.23. The number of ether oxygens (including phenoxy) is 3. The van der Waals surface area contributed by atoms with Crippen LogP contribution in [0.25, 0.3) is 0 Å². The van der Waals surface area contributed by atoms with Crippen LogP contribution < -0.4 is 15.2 Å². The van der Waals surface area contributed by atoms with Crippen LogP contribution in [0, 0.1) is 17.1 Å². The molecule has 2 aromatic rings. The number of hydrogen-bond acceptors (Lipinski definition) is 6. The molecule has 0 amide bonds. The van der Waals surface area contributed by atoms with Crippen LogP contribution in [0.5, 0.6) is 11.5 Å². The molecule has 1 atom stereocenters. The maximum Gasteiger partial charge on any atom is 0.205 e. The smallest absolute Gasteiger partial charge is 0.205 e. The lowest BCUT2D eigenvalue weighted by Crippen LogP contribution is -2.27. The molecule has 8 heteroatoms. The second kappa shape index (κ2) is 9.55. The Morgan fingerprint density at radius 3 is 2.82 bits per heavy atom. The topological polar surface area (TPSA) is 94.6 Å². The summed E-state index contributed by atoms with van der Waals surface area (Å²) in [6, 6.07) is 11.5. The molecular weight excluding hydrogens is 447 g/mol. The third-order valence-electron chi connectivity index (χ3n) is 5.54. The summed E-state index contributed by atoms with van der Waals surface area (Å²) in [7, 11) is 0. The molecule has 0 bridgehead atoms. The zero-order chi connectivity index (χ0) is 23.5. The summed E-state index contributed by atoms with van der Waals surface area (Å²) in [4.78, 5) is 12.8. The van der Waals surface area contributed by atoms with Crippen LogP contribution in [0.1, 0.15) is 43.2 Å². The number of carbonyl (C=O) groups is 1. The van der Waals surface area contributed by atoms with E-state index in [0.717, 1.165) is 0 Å². The number of halogens is 2. The molecule has 2 aliphatic rings. The van der Waals surface area contributed by atoms with Crippen molar-refractivity contribution in [1.82, 2.24) is 0 Å². The van der Waals surface area contributed by atoms with Gasteiger partial charge < -0.3 is 19.9 Å². The van der Waals surface area contributed by atoms with E-state index in [4.69, 9.17) is 31.5 Å². The Bertz CT molecular complexity index is 1220. The van der Waals surface area contributed by atoms with Crippen molar-refractivity contribution >= 4 is 17.4 Å². The average molecular weight is 469 g/mol. The molecule has 0 unspecified atom stereocenters. The summed E-state index contributed by atoms with van der Waals surface area (Å²) < 4.78 is 30.8. The molecular formula is C25H22ClFN2O4. The number of hydrogen-bond donors (Lipinski definition) is 1. The number of Topliss-reactive ketones (excluding diaryl/α,β-unsaturated/α-hetero) is 1. The minimum absolute atomic E-state index is 0.0172. The van der Waals surface area contributed by atoms with Crippen molar-refractivity contribution in [2.45, 2.75) is 38.7 Å². The molecule has 2 aromatic carbocycles. The van der Waals surface area contributed by atoms with Gasteiger partial charge in [-0.1, -0.05) is 23.7 Å². The molecule has 0 spiro atoms. The lowest BCUT2D eigenvalue weighted by Gasteiger charge is -2.31. The first kappa shape index (κ1) is 22.7. The SMILES string of the molecule is CCOc1cc([C@@H]2C(C#N)=C(N)OC3=C2C(=O)CCC3)cc(Cl)c1OCc1cccc(F)c1. The number of nitriles is 1. The Kier molecular flexibility index (Phi) is 6.57. The maximum atomic E-state index is 13.5. The summed E-state index contributed by atoms with van der Waals surface area (Å²) in [6.07, 6.45) is 1.60. The van der Waals surface area contributed by atoms with E-state index in [0.29, 0.717) is 59.8 Å². The summed E-state index contributed by atoms with van der Waals surface area (Å²) in [5.74, 6) is -0.0358. The quantitative estimate of drug-likeness (QED) is 0.620. The van der Waals surface area contributed by atoms with Gasteiger partial charge >= 0.3 is 0 Å². The Labute approximate surface area is 196 Å². The minimum atomic E-state index is -0.708. The number of ketones is 1. The van der Waals surface area contributed by atoms with Gasteiger partial charge in [-0.05, 0) is 48.7 Å². The van der Waals surface area contributed by atoms with E-state index in [1.807, 2.05) is 6.92 Å². The van der Waals surface area contributed by atoms with Crippen LogP contribution >= 0.6 is 11.6 Å². The second-order valence-corrected chi connectivity index (χ2v) is 8.13. The highest BCUT2D eigenvalue weighted by molar-refractivity contribution is 6.32. The number of allylic oxidation sites excluding steroid dienone is 3. The number of benzene rings is 2. The van der Waals surface area contributed by atoms with Gasteiger partial charge in [0.2, 0.25) is 5.88 Å². The molecule has 0 saturated heterocycles. The lowest BCUT2D eigenvalue weighted by molar-refractivity contribution is -0.116. The van der Waals surface area contributed by atoms with Gasteiger partial charge in [-0.3, -0.25) is 4.79 Å². The standard InChI is InChI=1S/C25H22ClFN2O4/c1-2-31-21-11-15(10-18(26)24(21)32-13-14-5-3-6-16(27)9-14)22-17(12-28)25(29)33-20-8-4-7-19(30)23(20)22/h3,5-6,9-11,22H,2,4,7-8,13,29H2,1H3/t22-/m1/s1. The van der Waals surface area contributed by atoms with E-state index in [2.05, 4.69) is 6.07 Å². The molecule has 1 heterocycles. The van der Waals surface area contributed by atoms with Gasteiger partial charge in [0.25, 0.3) is 0 Å². The van der Waals surface area contributed by atoms with Gasteiger partial charge in [0, 0.05) is 18.4 Å². The molecule has 0 fully saturated rings. The van der Waals surface area contributed by atoms with E-state index in [1.165, 1.54) is 12.1 Å². The number of carbonyl (C=O) groups excluding carboxylic acids is 1. The molecule has 1 aliphatic heterocycles. The van der Waals surface area contributed by atoms with Gasteiger partial charge in [-0.2, -0.15) is 5.26 Å². The second-order valence-electron chi connectivity index (χ2n) is 7.72. The predicted molar refractivity (Wildman–Crippen MR) is 120 cm³/mol. The van der Waals surface area contributed by atoms with E-state index in [1.54, 1.807) is 24.3 Å². The van der Waals surface area contributed by atoms with E-state index >= 15 is 0 Å². The van der Waals surface area contributed by atoms with Gasteiger partial charge in [-0.25, -0.2) is 4.39 Å². The van der Waals surface area contributed by atoms with Crippen molar-refractivity contribution in [1.29, 1.82) is 5.26 Å². The molecule has 4 rings (SSSR count). The van der Waals surface area contributed by atoms with Crippen molar-refractivity contribution in [3.05, 3.63) is 81.2 Å². The largest absolute Gasteiger partial charge is 0.490 e. The van der Waals surface area contributed by atoms with Crippen molar-refractivity contribution < 1.29 is 23.4 Å². The molecule has 1 aliphatic carbocycles. The highest BCUT2D eigenvalue weighted by Crippen LogP contribution is 2.47. The zero-order valence-electron chi connectivity index (χ0n) is 18.0. The molecule has 6 nitrogen and oxygen atoms in total. The highest BCUT2D eigenvalue weighted by Gasteiger charge is 2.38. The molecule has 0 aromatic heterocycles. The van der Waals surface area contributed by atoms with Crippen LogP contribution in [0.3, 0.4) is 0 Å². The van der Waals surface area contributed by atoms with Crippen LogP contribution in [0.15, 0.2) is 59.2 Å². The first-order valence-corrected chi connectivity index (χ1v) is 11.0. The first-order chi connectivity index (χ1) is 15.9. The molecule has 2 N–H and O–H groups in total. The van der Waals surface area contributed by atoms with Crippen molar-refractivity contribution in [3.63, 3.8) is 0 Å². The molecule has 33 heavy (non-hydrogen) atoms. The molecule has 170 valence electrons. The molecule has 0 radical (unpaired) electrons. The van der Waals surface area contributed by atoms with Crippen molar-refractivity contribution in [2.75, 3.05) is 6.61 Å². The average Bonchev–Trinajstić information content (AvgIpc) is 2.78. The Morgan fingerprint density at radius 1 is 1.27 bits per heavy atom. The van der Waals surface area contributed by atoms with Gasteiger partial charge in [-0.15, -0.1) is 0 Å². The fourth-order valence-corrected chi connectivity index (χ4v) is 4.40. The maximum absolute atomic E-state index is 13.5. The minimum Gasteiger partial charge on any atom is -0.490 e.